The zero-order chi connectivity index (χ0) is 9.97. The molecule has 2 rings (SSSR count). The number of halogens is 1. The zero-order valence-corrected chi connectivity index (χ0v) is 9.17. The third kappa shape index (κ3) is 2.25. The largest absolute Gasteiger partial charge is 0.297 e. The molecule has 2 heterocycles. The van der Waals surface area contributed by atoms with E-state index in [1.807, 2.05) is 18.2 Å². The Morgan fingerprint density at radius 1 is 1.50 bits per heavy atom. The van der Waals surface area contributed by atoms with Crippen LogP contribution in [-0.4, -0.2) is 23.0 Å². The van der Waals surface area contributed by atoms with Gasteiger partial charge in [-0.15, -0.1) is 0 Å². The molecule has 0 unspecified atom stereocenters. The Kier molecular flexibility index (Phi) is 3.04. The first kappa shape index (κ1) is 9.94. The van der Waals surface area contributed by atoms with Gasteiger partial charge in [0.05, 0.1) is 5.69 Å². The van der Waals surface area contributed by atoms with Crippen LogP contribution in [0, 0.1) is 5.92 Å². The first-order chi connectivity index (χ1) is 6.78. The fourth-order valence-corrected chi connectivity index (χ4v) is 2.01. The van der Waals surface area contributed by atoms with E-state index in [2.05, 4.69) is 16.8 Å². The Morgan fingerprint density at radius 2 is 2.29 bits per heavy atom. The molecule has 76 valence electrons. The third-order valence-electron chi connectivity index (χ3n) is 2.77. The molecule has 1 saturated heterocycles. The average molecular weight is 211 g/mol. The van der Waals surface area contributed by atoms with Crippen LogP contribution >= 0.6 is 11.6 Å². The summed E-state index contributed by atoms with van der Waals surface area (Å²) < 4.78 is 0. The summed E-state index contributed by atoms with van der Waals surface area (Å²) >= 11 is 5.82. The van der Waals surface area contributed by atoms with Crippen molar-refractivity contribution in [3.05, 3.63) is 29.0 Å². The number of hydrogen-bond acceptors (Lipinski definition) is 2. The van der Waals surface area contributed by atoms with E-state index in [-0.39, 0.29) is 0 Å². The van der Waals surface area contributed by atoms with Gasteiger partial charge in [-0.3, -0.25) is 4.90 Å². The summed E-state index contributed by atoms with van der Waals surface area (Å²) in [5, 5.41) is 0.593. The van der Waals surface area contributed by atoms with Gasteiger partial charge in [-0.25, -0.2) is 4.98 Å². The minimum Gasteiger partial charge on any atom is -0.297 e. The van der Waals surface area contributed by atoms with E-state index in [1.54, 1.807) is 0 Å². The second-order valence-corrected chi connectivity index (χ2v) is 4.31. The topological polar surface area (TPSA) is 16.1 Å². The number of hydrogen-bond donors (Lipinski definition) is 0. The highest BCUT2D eigenvalue weighted by Gasteiger charge is 2.24. The standard InChI is InChI=1S/C11H15ClN2/c1-2-9-6-14(7-9)8-10-4-3-5-11(12)13-10/h3-5,9H,2,6-8H2,1H3. The summed E-state index contributed by atoms with van der Waals surface area (Å²) in [5.41, 5.74) is 1.08. The summed E-state index contributed by atoms with van der Waals surface area (Å²) in [6, 6.07) is 5.81. The van der Waals surface area contributed by atoms with Crippen LogP contribution in [0.2, 0.25) is 5.15 Å². The number of aromatic nitrogens is 1. The second-order valence-electron chi connectivity index (χ2n) is 3.92. The van der Waals surface area contributed by atoms with Crippen molar-refractivity contribution in [2.45, 2.75) is 19.9 Å². The zero-order valence-electron chi connectivity index (χ0n) is 8.41. The van der Waals surface area contributed by atoms with Gasteiger partial charge in [0.1, 0.15) is 5.15 Å². The molecular formula is C11H15ClN2. The van der Waals surface area contributed by atoms with Crippen LogP contribution in [0.25, 0.3) is 0 Å². The minimum atomic E-state index is 0.593. The molecule has 1 fully saturated rings. The van der Waals surface area contributed by atoms with Crippen molar-refractivity contribution in [1.29, 1.82) is 0 Å². The van der Waals surface area contributed by atoms with Crippen LogP contribution in [0.4, 0.5) is 0 Å². The van der Waals surface area contributed by atoms with Crippen molar-refractivity contribution in [2.75, 3.05) is 13.1 Å². The summed E-state index contributed by atoms with van der Waals surface area (Å²) in [6.07, 6.45) is 1.29. The smallest absolute Gasteiger partial charge is 0.129 e. The molecule has 0 aromatic carbocycles. The number of rotatable bonds is 3. The van der Waals surface area contributed by atoms with Crippen molar-refractivity contribution in [3.63, 3.8) is 0 Å². The van der Waals surface area contributed by atoms with Gasteiger partial charge >= 0.3 is 0 Å². The molecular weight excluding hydrogens is 196 g/mol. The van der Waals surface area contributed by atoms with Crippen LogP contribution in [-0.2, 0) is 6.54 Å². The Balaban J connectivity index is 1.87. The number of nitrogens with zero attached hydrogens (tertiary/aromatic N) is 2. The lowest BCUT2D eigenvalue weighted by atomic mass is 9.97. The molecule has 0 bridgehead atoms. The lowest BCUT2D eigenvalue weighted by Crippen LogP contribution is -2.45. The highest BCUT2D eigenvalue weighted by Crippen LogP contribution is 2.20. The number of pyridine rings is 1. The molecule has 0 amide bonds. The lowest BCUT2D eigenvalue weighted by Gasteiger charge is -2.38. The lowest BCUT2D eigenvalue weighted by molar-refractivity contribution is 0.0885. The van der Waals surface area contributed by atoms with Gasteiger partial charge in [0.2, 0.25) is 0 Å². The molecule has 1 aliphatic rings. The first-order valence-electron chi connectivity index (χ1n) is 5.11. The van der Waals surface area contributed by atoms with Crippen LogP contribution in [0.5, 0.6) is 0 Å². The van der Waals surface area contributed by atoms with E-state index >= 15 is 0 Å². The van der Waals surface area contributed by atoms with Gasteiger partial charge in [-0.05, 0) is 18.1 Å². The number of likely N-dealkylation sites (tertiary alicyclic amines) is 1. The van der Waals surface area contributed by atoms with E-state index in [1.165, 1.54) is 19.5 Å². The Hall–Kier alpha value is -0.600. The predicted molar refractivity (Wildman–Crippen MR) is 58.3 cm³/mol. The quantitative estimate of drug-likeness (QED) is 0.713. The SMILES string of the molecule is CCC1CN(Cc2cccc(Cl)n2)C1. The fourth-order valence-electron chi connectivity index (χ4n) is 1.83. The van der Waals surface area contributed by atoms with Gasteiger partial charge < -0.3 is 0 Å². The Labute approximate surface area is 89.9 Å². The Bertz CT molecular complexity index is 308. The van der Waals surface area contributed by atoms with Gasteiger partial charge in [-0.1, -0.05) is 31.0 Å². The van der Waals surface area contributed by atoms with Crippen LogP contribution in [0.3, 0.4) is 0 Å². The maximum atomic E-state index is 5.82. The highest BCUT2D eigenvalue weighted by atomic mass is 35.5. The fraction of sp³-hybridized carbons (Fsp3) is 0.545. The summed E-state index contributed by atoms with van der Waals surface area (Å²) in [5.74, 6) is 0.897. The molecule has 0 atom stereocenters. The van der Waals surface area contributed by atoms with Crippen molar-refractivity contribution >= 4 is 11.6 Å². The van der Waals surface area contributed by atoms with Crippen molar-refractivity contribution < 1.29 is 0 Å². The second kappa shape index (κ2) is 4.28. The van der Waals surface area contributed by atoms with E-state index in [9.17, 15) is 0 Å². The predicted octanol–water partition coefficient (Wildman–Crippen LogP) is 2.58. The summed E-state index contributed by atoms with van der Waals surface area (Å²) in [7, 11) is 0. The molecule has 0 aliphatic carbocycles. The summed E-state index contributed by atoms with van der Waals surface area (Å²) in [6.45, 7) is 5.62. The molecule has 0 N–H and O–H groups in total. The highest BCUT2D eigenvalue weighted by molar-refractivity contribution is 6.29. The summed E-state index contributed by atoms with van der Waals surface area (Å²) in [4.78, 5) is 6.68. The molecule has 14 heavy (non-hydrogen) atoms. The first-order valence-corrected chi connectivity index (χ1v) is 5.49. The van der Waals surface area contributed by atoms with Crippen LogP contribution in [0.15, 0.2) is 18.2 Å². The average Bonchev–Trinajstić information content (AvgIpc) is 2.10. The van der Waals surface area contributed by atoms with Gasteiger partial charge in [0, 0.05) is 19.6 Å². The molecule has 0 radical (unpaired) electrons. The van der Waals surface area contributed by atoms with Crippen LogP contribution in [0.1, 0.15) is 19.0 Å². The van der Waals surface area contributed by atoms with E-state index in [0.29, 0.717) is 5.15 Å². The molecule has 1 aromatic heterocycles. The Morgan fingerprint density at radius 3 is 2.93 bits per heavy atom. The monoisotopic (exact) mass is 210 g/mol. The molecule has 0 spiro atoms. The van der Waals surface area contributed by atoms with Crippen molar-refractivity contribution in [3.8, 4) is 0 Å². The maximum absolute atomic E-state index is 5.82. The van der Waals surface area contributed by atoms with Gasteiger partial charge in [0.15, 0.2) is 0 Å². The maximum Gasteiger partial charge on any atom is 0.129 e. The third-order valence-corrected chi connectivity index (χ3v) is 2.98. The van der Waals surface area contributed by atoms with Crippen LogP contribution < -0.4 is 0 Å². The van der Waals surface area contributed by atoms with Gasteiger partial charge in [0.25, 0.3) is 0 Å². The van der Waals surface area contributed by atoms with E-state index in [4.69, 9.17) is 11.6 Å². The molecule has 0 saturated carbocycles. The molecule has 3 heteroatoms. The van der Waals surface area contributed by atoms with Crippen molar-refractivity contribution in [2.24, 2.45) is 5.92 Å². The molecule has 1 aliphatic heterocycles. The minimum absolute atomic E-state index is 0.593. The van der Waals surface area contributed by atoms with Gasteiger partial charge in [-0.2, -0.15) is 0 Å². The van der Waals surface area contributed by atoms with E-state index < -0.39 is 0 Å². The van der Waals surface area contributed by atoms with E-state index in [0.717, 1.165) is 18.2 Å². The molecule has 1 aromatic rings. The molecule has 2 nitrogen and oxygen atoms in total. The van der Waals surface area contributed by atoms with Crippen molar-refractivity contribution in [1.82, 2.24) is 9.88 Å². The normalized spacial score (nSPS) is 18.1.